The van der Waals surface area contributed by atoms with Gasteiger partial charge in [0.05, 0.1) is 11.9 Å². The van der Waals surface area contributed by atoms with E-state index in [1.807, 2.05) is 17.9 Å². The van der Waals surface area contributed by atoms with E-state index in [2.05, 4.69) is 66.5 Å². The second kappa shape index (κ2) is 11.3. The molecule has 0 aliphatic carbocycles. The monoisotopic (exact) mass is 487 g/mol. The van der Waals surface area contributed by atoms with Crippen LogP contribution in [-0.2, 0) is 20.0 Å². The van der Waals surface area contributed by atoms with Gasteiger partial charge in [0.2, 0.25) is 0 Å². The lowest BCUT2D eigenvalue weighted by molar-refractivity contribution is 0.473. The maximum absolute atomic E-state index is 4.79. The summed E-state index contributed by atoms with van der Waals surface area (Å²) in [4.78, 5) is 6.97. The zero-order valence-corrected chi connectivity index (χ0v) is 19.7. The number of aliphatic imine (C=N–C) groups is 1. The largest absolute Gasteiger partial charge is 0.357 e. The number of aromatic amines is 1. The standard InChI is InChI=1S/C19H33N7.HI/c1-7-20-19(21-10-8-9-16-11-22-23-15(16)4)25(5)12-17-13-26(6)24-18(17)14(2)3;/h11,13-14H,7-10,12H2,1-6H3,(H,20,21)(H,22,23);1H. The molecule has 0 spiro atoms. The van der Waals surface area contributed by atoms with E-state index in [-0.39, 0.29) is 24.0 Å². The Bertz CT molecular complexity index is 717. The molecule has 7 nitrogen and oxygen atoms in total. The molecular weight excluding hydrogens is 453 g/mol. The Morgan fingerprint density at radius 1 is 1.37 bits per heavy atom. The summed E-state index contributed by atoms with van der Waals surface area (Å²) in [6.07, 6.45) is 6.02. The molecule has 2 heterocycles. The molecule has 0 unspecified atom stereocenters. The fraction of sp³-hybridized carbons (Fsp3) is 0.632. The molecule has 0 saturated heterocycles. The Balaban J connectivity index is 0.00000364. The number of H-pyrrole nitrogens is 1. The average molecular weight is 487 g/mol. The molecule has 0 aromatic carbocycles. The van der Waals surface area contributed by atoms with Gasteiger partial charge in [-0.2, -0.15) is 10.2 Å². The van der Waals surface area contributed by atoms with Crippen molar-refractivity contribution in [2.75, 3.05) is 20.1 Å². The summed E-state index contributed by atoms with van der Waals surface area (Å²) < 4.78 is 1.90. The maximum atomic E-state index is 4.79. The van der Waals surface area contributed by atoms with Gasteiger partial charge < -0.3 is 10.2 Å². The quantitative estimate of drug-likeness (QED) is 0.260. The van der Waals surface area contributed by atoms with Crippen molar-refractivity contribution in [3.63, 3.8) is 0 Å². The highest BCUT2D eigenvalue weighted by Gasteiger charge is 2.15. The van der Waals surface area contributed by atoms with Gasteiger partial charge in [0.15, 0.2) is 5.96 Å². The Morgan fingerprint density at radius 3 is 2.70 bits per heavy atom. The Hall–Kier alpha value is -1.58. The maximum Gasteiger partial charge on any atom is 0.193 e. The molecule has 2 N–H and O–H groups in total. The van der Waals surface area contributed by atoms with Crippen LogP contribution in [0.2, 0.25) is 0 Å². The Kier molecular flexibility index (Phi) is 9.82. The van der Waals surface area contributed by atoms with E-state index in [0.29, 0.717) is 5.92 Å². The third-order valence-corrected chi connectivity index (χ3v) is 4.39. The minimum Gasteiger partial charge on any atom is -0.357 e. The number of nitrogens with one attached hydrogen (secondary N) is 2. The summed E-state index contributed by atoms with van der Waals surface area (Å²) in [5, 5.41) is 15.1. The summed E-state index contributed by atoms with van der Waals surface area (Å²) >= 11 is 0. The summed E-state index contributed by atoms with van der Waals surface area (Å²) in [5.74, 6) is 1.35. The molecule has 0 amide bonds. The molecule has 152 valence electrons. The number of nitrogens with zero attached hydrogens (tertiary/aromatic N) is 5. The van der Waals surface area contributed by atoms with Crippen molar-refractivity contribution in [1.82, 2.24) is 30.2 Å². The fourth-order valence-electron chi connectivity index (χ4n) is 3.05. The molecule has 27 heavy (non-hydrogen) atoms. The SMILES string of the molecule is CCNC(=NCCCc1cn[nH]c1C)N(C)Cc1cn(C)nc1C(C)C.I. The van der Waals surface area contributed by atoms with Gasteiger partial charge in [-0.05, 0) is 38.2 Å². The first kappa shape index (κ1) is 23.5. The fourth-order valence-corrected chi connectivity index (χ4v) is 3.05. The highest BCUT2D eigenvalue weighted by Crippen LogP contribution is 2.18. The minimum atomic E-state index is 0. The van der Waals surface area contributed by atoms with E-state index < -0.39 is 0 Å². The van der Waals surface area contributed by atoms with Crippen molar-refractivity contribution in [1.29, 1.82) is 0 Å². The molecule has 0 fully saturated rings. The smallest absolute Gasteiger partial charge is 0.193 e. The van der Waals surface area contributed by atoms with Crippen molar-refractivity contribution in [3.8, 4) is 0 Å². The van der Waals surface area contributed by atoms with Crippen molar-refractivity contribution in [2.24, 2.45) is 12.0 Å². The van der Waals surface area contributed by atoms with E-state index in [1.165, 1.54) is 11.1 Å². The van der Waals surface area contributed by atoms with Crippen LogP contribution in [0.3, 0.4) is 0 Å². The number of aryl methyl sites for hydroxylation is 3. The molecule has 0 aliphatic heterocycles. The zero-order valence-electron chi connectivity index (χ0n) is 17.4. The topological polar surface area (TPSA) is 74.1 Å². The van der Waals surface area contributed by atoms with Crippen molar-refractivity contribution in [2.45, 2.75) is 53.0 Å². The average Bonchev–Trinajstić information content (AvgIpc) is 3.16. The van der Waals surface area contributed by atoms with Crippen LogP contribution in [0.25, 0.3) is 0 Å². The van der Waals surface area contributed by atoms with E-state index in [4.69, 9.17) is 4.99 Å². The molecule has 0 aliphatic rings. The molecule has 0 radical (unpaired) electrons. The van der Waals surface area contributed by atoms with Crippen molar-refractivity contribution >= 4 is 29.9 Å². The predicted octanol–water partition coefficient (Wildman–Crippen LogP) is 3.22. The second-order valence-electron chi connectivity index (χ2n) is 7.08. The first-order valence-electron chi connectivity index (χ1n) is 9.43. The van der Waals surface area contributed by atoms with Gasteiger partial charge in [-0.15, -0.1) is 24.0 Å². The van der Waals surface area contributed by atoms with Gasteiger partial charge >= 0.3 is 0 Å². The summed E-state index contributed by atoms with van der Waals surface area (Å²) in [7, 11) is 4.06. The van der Waals surface area contributed by atoms with Gasteiger partial charge in [0, 0.05) is 51.2 Å². The van der Waals surface area contributed by atoms with Crippen molar-refractivity contribution in [3.05, 3.63) is 34.9 Å². The second-order valence-corrected chi connectivity index (χ2v) is 7.08. The van der Waals surface area contributed by atoms with Gasteiger partial charge in [-0.1, -0.05) is 13.8 Å². The third kappa shape index (κ3) is 6.82. The van der Waals surface area contributed by atoms with E-state index in [0.717, 1.165) is 49.8 Å². The highest BCUT2D eigenvalue weighted by atomic mass is 127. The molecule has 0 saturated carbocycles. The van der Waals surface area contributed by atoms with Crippen LogP contribution in [0.4, 0.5) is 0 Å². The van der Waals surface area contributed by atoms with Crippen LogP contribution in [0, 0.1) is 6.92 Å². The Morgan fingerprint density at radius 2 is 2.11 bits per heavy atom. The van der Waals surface area contributed by atoms with Crippen LogP contribution in [0.5, 0.6) is 0 Å². The van der Waals surface area contributed by atoms with Gasteiger partial charge in [0.1, 0.15) is 0 Å². The first-order chi connectivity index (χ1) is 12.4. The van der Waals surface area contributed by atoms with Crippen LogP contribution in [-0.4, -0.2) is 51.0 Å². The molecule has 8 heteroatoms. The first-order valence-corrected chi connectivity index (χ1v) is 9.43. The van der Waals surface area contributed by atoms with E-state index >= 15 is 0 Å². The van der Waals surface area contributed by atoms with Crippen LogP contribution in [0.15, 0.2) is 17.4 Å². The van der Waals surface area contributed by atoms with Gasteiger partial charge in [-0.3, -0.25) is 14.8 Å². The summed E-state index contributed by atoms with van der Waals surface area (Å²) in [5.41, 5.74) is 4.83. The third-order valence-electron chi connectivity index (χ3n) is 4.39. The number of halogens is 1. The minimum absolute atomic E-state index is 0. The molecule has 0 atom stereocenters. The van der Waals surface area contributed by atoms with Crippen LogP contribution < -0.4 is 5.32 Å². The Labute approximate surface area is 180 Å². The lowest BCUT2D eigenvalue weighted by Gasteiger charge is -2.22. The van der Waals surface area contributed by atoms with Crippen LogP contribution >= 0.6 is 24.0 Å². The summed E-state index contributed by atoms with van der Waals surface area (Å²) in [6, 6.07) is 0. The number of aromatic nitrogens is 4. The number of hydrogen-bond donors (Lipinski definition) is 2. The van der Waals surface area contributed by atoms with E-state index in [1.54, 1.807) is 0 Å². The zero-order chi connectivity index (χ0) is 19.1. The molecule has 2 rings (SSSR count). The number of guanidine groups is 1. The molecule has 0 bridgehead atoms. The van der Waals surface area contributed by atoms with Gasteiger partial charge in [0.25, 0.3) is 0 Å². The normalized spacial score (nSPS) is 11.6. The van der Waals surface area contributed by atoms with Crippen molar-refractivity contribution < 1.29 is 0 Å². The number of hydrogen-bond acceptors (Lipinski definition) is 3. The molecule has 2 aromatic rings. The highest BCUT2D eigenvalue weighted by molar-refractivity contribution is 14.0. The molecular formula is C19H34IN7. The number of rotatable bonds is 8. The van der Waals surface area contributed by atoms with E-state index in [9.17, 15) is 0 Å². The van der Waals surface area contributed by atoms with Gasteiger partial charge in [-0.25, -0.2) is 0 Å². The molecule has 2 aromatic heterocycles. The lowest BCUT2D eigenvalue weighted by Crippen LogP contribution is -2.38. The van der Waals surface area contributed by atoms with Crippen LogP contribution in [0.1, 0.15) is 55.6 Å². The predicted molar refractivity (Wildman–Crippen MR) is 122 cm³/mol. The summed E-state index contributed by atoms with van der Waals surface area (Å²) in [6.45, 7) is 11.0. The lowest BCUT2D eigenvalue weighted by atomic mass is 10.1.